The van der Waals surface area contributed by atoms with E-state index < -0.39 is 12.0 Å². The third-order valence-electron chi connectivity index (χ3n) is 7.71. The normalized spacial score (nSPS) is 15.5. The Morgan fingerprint density at radius 2 is 1.88 bits per heavy atom. The van der Waals surface area contributed by atoms with Crippen molar-refractivity contribution in [1.82, 2.24) is 9.88 Å². The number of fused-ring (bicyclic) bond motifs is 2. The summed E-state index contributed by atoms with van der Waals surface area (Å²) in [6.45, 7) is 4.47. The van der Waals surface area contributed by atoms with Crippen LogP contribution >= 0.6 is 0 Å². The van der Waals surface area contributed by atoms with Gasteiger partial charge in [-0.15, -0.1) is 0 Å². The zero-order valence-corrected chi connectivity index (χ0v) is 24.0. The summed E-state index contributed by atoms with van der Waals surface area (Å²) in [5, 5.41) is 12.0. The van der Waals surface area contributed by atoms with E-state index in [0.29, 0.717) is 42.4 Å². The molecule has 2 aliphatic heterocycles. The van der Waals surface area contributed by atoms with Crippen LogP contribution < -0.4 is 19.7 Å². The molecule has 2 aromatic carbocycles. The first-order valence-corrected chi connectivity index (χ1v) is 14.3. The van der Waals surface area contributed by atoms with Crippen LogP contribution in [0.3, 0.4) is 0 Å². The largest absolute Gasteiger partial charge is 0.494 e. The van der Waals surface area contributed by atoms with E-state index in [0.717, 1.165) is 42.1 Å². The lowest BCUT2D eigenvalue weighted by molar-refractivity contribution is -0.140. The number of hydrogen-bond donors (Lipinski definition) is 2. The van der Waals surface area contributed by atoms with Crippen molar-refractivity contribution in [2.24, 2.45) is 0 Å². The Balaban J connectivity index is 1.34. The molecule has 0 saturated carbocycles. The van der Waals surface area contributed by atoms with Crippen molar-refractivity contribution in [2.45, 2.75) is 51.6 Å². The average molecular weight is 573 g/mol. The van der Waals surface area contributed by atoms with Crippen molar-refractivity contribution >= 4 is 29.2 Å². The fourth-order valence-electron chi connectivity index (χ4n) is 5.72. The summed E-state index contributed by atoms with van der Waals surface area (Å²) >= 11 is 0. The minimum Gasteiger partial charge on any atom is -0.494 e. The molecule has 0 unspecified atom stereocenters. The smallest absolute Gasteiger partial charge is 0.303 e. The van der Waals surface area contributed by atoms with E-state index in [-0.39, 0.29) is 31.1 Å². The van der Waals surface area contributed by atoms with E-state index in [1.807, 2.05) is 43.3 Å². The molecule has 2 amide bonds. The second-order valence-electron chi connectivity index (χ2n) is 10.4. The van der Waals surface area contributed by atoms with Crippen molar-refractivity contribution < 1.29 is 29.0 Å². The third-order valence-corrected chi connectivity index (χ3v) is 7.71. The van der Waals surface area contributed by atoms with Crippen molar-refractivity contribution in [1.29, 1.82) is 0 Å². The number of anilines is 2. The lowest BCUT2D eigenvalue weighted by atomic mass is 9.95. The summed E-state index contributed by atoms with van der Waals surface area (Å²) in [4.78, 5) is 46.3. The SMILES string of the molecule is CCOc1ccccc1CN1CCc2cc(NC(=O)[C@H]3c4ccc(OC)nc4CCN3C(=O)CCCC(=O)O)ccc21. The summed E-state index contributed by atoms with van der Waals surface area (Å²) < 4.78 is 11.1. The summed E-state index contributed by atoms with van der Waals surface area (Å²) in [7, 11) is 1.53. The second-order valence-corrected chi connectivity index (χ2v) is 10.4. The van der Waals surface area contributed by atoms with Crippen molar-refractivity contribution in [3.8, 4) is 11.6 Å². The molecular formula is C32H36N4O6. The zero-order chi connectivity index (χ0) is 29.6. The molecule has 42 heavy (non-hydrogen) atoms. The molecule has 0 bridgehead atoms. The maximum atomic E-state index is 13.8. The topological polar surface area (TPSA) is 121 Å². The number of nitrogens with zero attached hydrogens (tertiary/aromatic N) is 3. The maximum Gasteiger partial charge on any atom is 0.303 e. The molecule has 0 saturated heterocycles. The van der Waals surface area contributed by atoms with Gasteiger partial charge in [-0.3, -0.25) is 14.4 Å². The first kappa shape index (κ1) is 28.9. The lowest BCUT2D eigenvalue weighted by Gasteiger charge is -2.36. The number of aromatic nitrogens is 1. The monoisotopic (exact) mass is 572 g/mol. The molecule has 2 N–H and O–H groups in total. The van der Waals surface area contributed by atoms with E-state index in [9.17, 15) is 14.4 Å². The number of carbonyl (C=O) groups excluding carboxylic acids is 2. The van der Waals surface area contributed by atoms with Gasteiger partial charge in [0.1, 0.15) is 11.8 Å². The summed E-state index contributed by atoms with van der Waals surface area (Å²) in [5.41, 5.74) is 5.39. The second kappa shape index (κ2) is 12.9. The van der Waals surface area contributed by atoms with Crippen molar-refractivity contribution in [3.63, 3.8) is 0 Å². The number of nitrogens with one attached hydrogen (secondary N) is 1. The van der Waals surface area contributed by atoms with Crippen molar-refractivity contribution in [3.05, 3.63) is 77.0 Å². The van der Waals surface area contributed by atoms with Crippen LogP contribution in [0.4, 0.5) is 11.4 Å². The molecule has 0 spiro atoms. The predicted octanol–water partition coefficient (Wildman–Crippen LogP) is 4.37. The predicted molar refractivity (Wildman–Crippen MR) is 158 cm³/mol. The summed E-state index contributed by atoms with van der Waals surface area (Å²) in [6.07, 6.45) is 1.48. The number of aliphatic carboxylic acids is 1. The highest BCUT2D eigenvalue weighted by Crippen LogP contribution is 2.35. The van der Waals surface area contributed by atoms with Gasteiger partial charge in [0, 0.05) is 67.5 Å². The van der Waals surface area contributed by atoms with E-state index in [2.05, 4.69) is 21.3 Å². The highest BCUT2D eigenvalue weighted by atomic mass is 16.5. The van der Waals surface area contributed by atoms with Gasteiger partial charge >= 0.3 is 5.97 Å². The number of methoxy groups -OCH3 is 1. The van der Waals surface area contributed by atoms with Gasteiger partial charge in [0.05, 0.1) is 19.4 Å². The van der Waals surface area contributed by atoms with E-state index in [1.54, 1.807) is 17.0 Å². The number of amides is 2. The molecular weight excluding hydrogens is 536 g/mol. The van der Waals surface area contributed by atoms with Crippen LogP contribution in [0.15, 0.2) is 54.6 Å². The quantitative estimate of drug-likeness (QED) is 0.348. The molecule has 3 heterocycles. The highest BCUT2D eigenvalue weighted by Gasteiger charge is 2.37. The van der Waals surface area contributed by atoms with Gasteiger partial charge < -0.3 is 29.7 Å². The fourth-order valence-corrected chi connectivity index (χ4v) is 5.72. The first-order valence-electron chi connectivity index (χ1n) is 14.3. The molecule has 220 valence electrons. The Morgan fingerprint density at radius 1 is 1.05 bits per heavy atom. The number of hydrogen-bond acceptors (Lipinski definition) is 7. The Kier molecular flexibility index (Phi) is 8.90. The molecule has 10 heteroatoms. The first-order chi connectivity index (χ1) is 20.4. The number of pyridine rings is 1. The number of rotatable bonds is 11. The minimum absolute atomic E-state index is 0.0517. The number of carboxylic acids is 1. The number of benzene rings is 2. The molecule has 0 aliphatic carbocycles. The van der Waals surface area contributed by atoms with Crippen LogP contribution in [-0.4, -0.2) is 59.6 Å². The molecule has 0 radical (unpaired) electrons. The van der Waals surface area contributed by atoms with Gasteiger partial charge in [0.2, 0.25) is 11.8 Å². The van der Waals surface area contributed by atoms with Crippen LogP contribution in [0.25, 0.3) is 0 Å². The van der Waals surface area contributed by atoms with Gasteiger partial charge in [-0.2, -0.15) is 0 Å². The number of carboxylic acid groups (broad SMARTS) is 1. The summed E-state index contributed by atoms with van der Waals surface area (Å²) in [6, 6.07) is 16.6. The van der Waals surface area contributed by atoms with Crippen LogP contribution in [0, 0.1) is 0 Å². The highest BCUT2D eigenvalue weighted by molar-refractivity contribution is 5.98. The van der Waals surface area contributed by atoms with Crippen LogP contribution in [0.1, 0.15) is 54.6 Å². The Hall–Kier alpha value is -4.60. The molecule has 2 aliphatic rings. The molecule has 0 fully saturated rings. The molecule has 3 aromatic rings. The number of carbonyl (C=O) groups is 3. The van der Waals surface area contributed by atoms with Gasteiger partial charge in [0.25, 0.3) is 5.91 Å². The van der Waals surface area contributed by atoms with E-state index >= 15 is 0 Å². The molecule has 1 atom stereocenters. The number of ether oxygens (including phenoxy) is 2. The third kappa shape index (κ3) is 6.32. The molecule has 5 rings (SSSR count). The fraction of sp³-hybridized carbons (Fsp3) is 0.375. The lowest BCUT2D eigenvalue weighted by Crippen LogP contribution is -2.45. The number of para-hydroxylation sites is 1. The standard InChI is InChI=1S/C32H36N4O6/c1-3-42-27-8-5-4-7-22(27)20-35-17-15-21-19-23(11-13-26(21)35)33-32(40)31-24-12-14-28(41-2)34-25(24)16-18-36(31)29(37)9-6-10-30(38)39/h4-5,7-8,11-14,19,31H,3,6,9-10,15-18,20H2,1-2H3,(H,33,40)(H,38,39)/t31-/m1/s1. The summed E-state index contributed by atoms with van der Waals surface area (Å²) in [5.74, 6) is -0.212. The van der Waals surface area contributed by atoms with E-state index in [4.69, 9.17) is 14.6 Å². The van der Waals surface area contributed by atoms with Gasteiger partial charge in [-0.05, 0) is 55.7 Å². The van der Waals surface area contributed by atoms with Crippen LogP contribution in [0.2, 0.25) is 0 Å². The molecule has 10 nitrogen and oxygen atoms in total. The van der Waals surface area contributed by atoms with Gasteiger partial charge in [-0.25, -0.2) is 4.98 Å². The minimum atomic E-state index is -0.953. The van der Waals surface area contributed by atoms with Crippen LogP contribution in [0.5, 0.6) is 11.6 Å². The average Bonchev–Trinajstić information content (AvgIpc) is 3.38. The molecule has 1 aromatic heterocycles. The van der Waals surface area contributed by atoms with Crippen molar-refractivity contribution in [2.75, 3.05) is 37.0 Å². The maximum absolute atomic E-state index is 13.8. The van der Waals surface area contributed by atoms with Gasteiger partial charge in [0.15, 0.2) is 0 Å². The van der Waals surface area contributed by atoms with E-state index in [1.165, 1.54) is 7.11 Å². The van der Waals surface area contributed by atoms with Crippen LogP contribution in [-0.2, 0) is 33.8 Å². The Labute approximate surface area is 245 Å². The Morgan fingerprint density at radius 3 is 2.67 bits per heavy atom. The Bertz CT molecular complexity index is 1480. The zero-order valence-electron chi connectivity index (χ0n) is 24.0. The van der Waals surface area contributed by atoms with Gasteiger partial charge in [-0.1, -0.05) is 18.2 Å².